The monoisotopic (exact) mass is 240 g/mol. The van der Waals surface area contributed by atoms with Crippen molar-refractivity contribution in [2.24, 2.45) is 17.6 Å². The Morgan fingerprint density at radius 1 is 1.24 bits per heavy atom. The van der Waals surface area contributed by atoms with Gasteiger partial charge in [0, 0.05) is 13.2 Å². The number of hydrogen-bond acceptors (Lipinski definition) is 3. The van der Waals surface area contributed by atoms with Gasteiger partial charge in [-0.2, -0.15) is 0 Å². The Kier molecular flexibility index (Phi) is 4.83. The van der Waals surface area contributed by atoms with Gasteiger partial charge in [-0.3, -0.25) is 0 Å². The standard InChI is InChI=1S/C14H28N2O/c1-14(7-2-8-17-14)11-16-10-13-5-3-12(9-15)4-6-13/h12-13,16H,2-11,15H2,1H3. The van der Waals surface area contributed by atoms with Gasteiger partial charge in [0.15, 0.2) is 0 Å². The molecule has 3 N–H and O–H groups in total. The molecule has 0 amide bonds. The molecule has 3 heteroatoms. The predicted molar refractivity (Wildman–Crippen MR) is 71.0 cm³/mol. The van der Waals surface area contributed by atoms with Crippen LogP contribution in [0.15, 0.2) is 0 Å². The van der Waals surface area contributed by atoms with Gasteiger partial charge < -0.3 is 15.8 Å². The lowest BCUT2D eigenvalue weighted by atomic mass is 9.82. The van der Waals surface area contributed by atoms with Crippen molar-refractivity contribution in [3.8, 4) is 0 Å². The molecular formula is C14H28N2O. The second kappa shape index (κ2) is 6.17. The highest BCUT2D eigenvalue weighted by Gasteiger charge is 2.29. The third-order valence-electron chi connectivity index (χ3n) is 4.53. The molecule has 0 aromatic rings. The van der Waals surface area contributed by atoms with Crippen LogP contribution in [0.3, 0.4) is 0 Å². The lowest BCUT2D eigenvalue weighted by molar-refractivity contribution is 0.0199. The molecule has 1 saturated heterocycles. The van der Waals surface area contributed by atoms with Crippen LogP contribution in [0.2, 0.25) is 0 Å². The Hall–Kier alpha value is -0.120. The maximum atomic E-state index is 5.79. The summed E-state index contributed by atoms with van der Waals surface area (Å²) in [6.07, 6.45) is 7.80. The summed E-state index contributed by atoms with van der Waals surface area (Å²) in [6.45, 7) is 6.24. The van der Waals surface area contributed by atoms with Gasteiger partial charge in [0.2, 0.25) is 0 Å². The summed E-state index contributed by atoms with van der Waals surface area (Å²) in [5.74, 6) is 1.66. The maximum absolute atomic E-state index is 5.79. The number of nitrogens with one attached hydrogen (secondary N) is 1. The zero-order valence-electron chi connectivity index (χ0n) is 11.2. The van der Waals surface area contributed by atoms with Crippen molar-refractivity contribution < 1.29 is 4.74 Å². The zero-order valence-corrected chi connectivity index (χ0v) is 11.2. The van der Waals surface area contributed by atoms with Crippen molar-refractivity contribution >= 4 is 0 Å². The van der Waals surface area contributed by atoms with Crippen LogP contribution in [0.5, 0.6) is 0 Å². The first-order valence-electron chi connectivity index (χ1n) is 7.26. The Morgan fingerprint density at radius 3 is 2.53 bits per heavy atom. The minimum Gasteiger partial charge on any atom is -0.374 e. The molecule has 0 aromatic carbocycles. The molecule has 1 unspecified atom stereocenters. The van der Waals surface area contributed by atoms with E-state index in [1.165, 1.54) is 38.5 Å². The Morgan fingerprint density at radius 2 is 1.94 bits per heavy atom. The van der Waals surface area contributed by atoms with E-state index in [0.717, 1.165) is 38.1 Å². The van der Waals surface area contributed by atoms with Gasteiger partial charge in [0.25, 0.3) is 0 Å². The van der Waals surface area contributed by atoms with E-state index in [-0.39, 0.29) is 5.60 Å². The second-order valence-electron chi connectivity index (χ2n) is 6.16. The van der Waals surface area contributed by atoms with Crippen molar-refractivity contribution in [1.29, 1.82) is 0 Å². The Bertz CT molecular complexity index is 218. The summed E-state index contributed by atoms with van der Waals surface area (Å²) in [5.41, 5.74) is 5.82. The van der Waals surface area contributed by atoms with Crippen LogP contribution in [0.1, 0.15) is 45.4 Å². The van der Waals surface area contributed by atoms with Crippen molar-refractivity contribution in [1.82, 2.24) is 5.32 Å². The van der Waals surface area contributed by atoms with Crippen LogP contribution >= 0.6 is 0 Å². The topological polar surface area (TPSA) is 47.3 Å². The third-order valence-corrected chi connectivity index (χ3v) is 4.53. The smallest absolute Gasteiger partial charge is 0.0779 e. The summed E-state index contributed by atoms with van der Waals surface area (Å²) in [7, 11) is 0. The average molecular weight is 240 g/mol. The van der Waals surface area contributed by atoms with Crippen molar-refractivity contribution in [3.63, 3.8) is 0 Å². The van der Waals surface area contributed by atoms with E-state index in [4.69, 9.17) is 10.5 Å². The molecule has 100 valence electrons. The number of nitrogens with two attached hydrogens (primary N) is 1. The quantitative estimate of drug-likeness (QED) is 0.771. The summed E-state index contributed by atoms with van der Waals surface area (Å²) >= 11 is 0. The predicted octanol–water partition coefficient (Wildman–Crippen LogP) is 1.91. The van der Waals surface area contributed by atoms with Crippen LogP contribution in [-0.2, 0) is 4.74 Å². The Labute approximate surface area is 105 Å². The molecule has 0 bridgehead atoms. The van der Waals surface area contributed by atoms with Crippen LogP contribution in [-0.4, -0.2) is 31.8 Å². The first-order valence-corrected chi connectivity index (χ1v) is 7.26. The van der Waals surface area contributed by atoms with Crippen LogP contribution in [0.4, 0.5) is 0 Å². The van der Waals surface area contributed by atoms with Gasteiger partial charge in [-0.15, -0.1) is 0 Å². The molecule has 1 aliphatic heterocycles. The normalized spacial score (nSPS) is 38.5. The summed E-state index contributed by atoms with van der Waals surface area (Å²) < 4.78 is 5.79. The summed E-state index contributed by atoms with van der Waals surface area (Å²) in [6, 6.07) is 0. The number of rotatable bonds is 5. The molecule has 17 heavy (non-hydrogen) atoms. The molecule has 1 atom stereocenters. The van der Waals surface area contributed by atoms with Crippen LogP contribution in [0, 0.1) is 11.8 Å². The third kappa shape index (κ3) is 3.94. The summed E-state index contributed by atoms with van der Waals surface area (Å²) in [5, 5.41) is 3.61. The van der Waals surface area contributed by atoms with Crippen LogP contribution < -0.4 is 11.1 Å². The van der Waals surface area contributed by atoms with Gasteiger partial charge in [-0.05, 0) is 70.4 Å². The van der Waals surface area contributed by atoms with Crippen molar-refractivity contribution in [3.05, 3.63) is 0 Å². The fourth-order valence-corrected chi connectivity index (χ4v) is 3.19. The molecule has 0 radical (unpaired) electrons. The minimum atomic E-state index is 0.106. The zero-order chi connectivity index (χ0) is 12.1. The fourth-order valence-electron chi connectivity index (χ4n) is 3.19. The van der Waals surface area contributed by atoms with E-state index in [2.05, 4.69) is 12.2 Å². The van der Waals surface area contributed by atoms with E-state index < -0.39 is 0 Å². The number of ether oxygens (including phenoxy) is 1. The highest BCUT2D eigenvalue weighted by atomic mass is 16.5. The second-order valence-corrected chi connectivity index (χ2v) is 6.16. The molecule has 0 spiro atoms. The maximum Gasteiger partial charge on any atom is 0.0779 e. The molecule has 2 aliphatic rings. The van der Waals surface area contributed by atoms with E-state index in [0.29, 0.717) is 0 Å². The molecule has 1 heterocycles. The van der Waals surface area contributed by atoms with Gasteiger partial charge in [-0.25, -0.2) is 0 Å². The lowest BCUT2D eigenvalue weighted by Crippen LogP contribution is -2.39. The van der Waals surface area contributed by atoms with E-state index >= 15 is 0 Å². The van der Waals surface area contributed by atoms with Gasteiger partial charge >= 0.3 is 0 Å². The molecule has 0 aromatic heterocycles. The highest BCUT2D eigenvalue weighted by Crippen LogP contribution is 2.28. The van der Waals surface area contributed by atoms with Gasteiger partial charge in [-0.1, -0.05) is 0 Å². The highest BCUT2D eigenvalue weighted by molar-refractivity contribution is 4.83. The molecule has 3 nitrogen and oxygen atoms in total. The first-order chi connectivity index (χ1) is 8.22. The van der Waals surface area contributed by atoms with E-state index in [1.807, 2.05) is 0 Å². The lowest BCUT2D eigenvalue weighted by Gasteiger charge is -2.29. The Balaban J connectivity index is 1.59. The largest absolute Gasteiger partial charge is 0.374 e. The summed E-state index contributed by atoms with van der Waals surface area (Å²) in [4.78, 5) is 0. The minimum absolute atomic E-state index is 0.106. The molecule has 2 rings (SSSR count). The van der Waals surface area contributed by atoms with Crippen molar-refractivity contribution in [2.45, 2.75) is 51.0 Å². The molecule has 2 fully saturated rings. The van der Waals surface area contributed by atoms with E-state index in [9.17, 15) is 0 Å². The first kappa shape index (κ1) is 13.3. The fraction of sp³-hybridized carbons (Fsp3) is 1.00. The molecule has 1 aliphatic carbocycles. The van der Waals surface area contributed by atoms with Crippen molar-refractivity contribution in [2.75, 3.05) is 26.2 Å². The molecular weight excluding hydrogens is 212 g/mol. The average Bonchev–Trinajstić information content (AvgIpc) is 2.77. The number of hydrogen-bond donors (Lipinski definition) is 2. The SMILES string of the molecule is CC1(CNCC2CCC(CN)CC2)CCCO1. The van der Waals surface area contributed by atoms with Gasteiger partial charge in [0.1, 0.15) is 0 Å². The molecule has 1 saturated carbocycles. The van der Waals surface area contributed by atoms with E-state index in [1.54, 1.807) is 0 Å². The van der Waals surface area contributed by atoms with Gasteiger partial charge in [0.05, 0.1) is 5.60 Å². The van der Waals surface area contributed by atoms with Crippen LogP contribution in [0.25, 0.3) is 0 Å².